The van der Waals surface area contributed by atoms with E-state index in [9.17, 15) is 14.0 Å². The summed E-state index contributed by atoms with van der Waals surface area (Å²) in [5, 5.41) is 12.7. The van der Waals surface area contributed by atoms with E-state index in [0.29, 0.717) is 35.2 Å². The molecule has 4 aromatic rings. The average molecular weight is 542 g/mol. The highest BCUT2D eigenvalue weighted by Crippen LogP contribution is 2.29. The number of aromatic nitrogens is 3. The van der Waals surface area contributed by atoms with Gasteiger partial charge in [-0.25, -0.2) is 14.4 Å². The molecule has 6 rings (SSSR count). The first-order valence-electron chi connectivity index (χ1n) is 13.0. The molecule has 2 amide bonds. The first kappa shape index (κ1) is 25.4. The minimum Gasteiger partial charge on any atom is -0.367 e. The van der Waals surface area contributed by atoms with E-state index in [1.165, 1.54) is 29.1 Å². The third-order valence-corrected chi connectivity index (χ3v) is 6.70. The van der Waals surface area contributed by atoms with Crippen LogP contribution in [0.25, 0.3) is 11.3 Å². The number of nitrogens with zero attached hydrogens (tertiary/aromatic N) is 4. The monoisotopic (exact) mass is 541 g/mol. The van der Waals surface area contributed by atoms with E-state index in [0.717, 1.165) is 12.8 Å². The zero-order valence-electron chi connectivity index (χ0n) is 21.5. The summed E-state index contributed by atoms with van der Waals surface area (Å²) in [6, 6.07) is 16.9. The minimum atomic E-state index is -1.40. The van der Waals surface area contributed by atoms with Gasteiger partial charge in [-0.05, 0) is 38.0 Å². The number of nitrogens with one attached hydrogen (secondary N) is 3. The quantitative estimate of drug-likeness (QED) is 0.301. The highest BCUT2D eigenvalue weighted by molar-refractivity contribution is 6.20. The van der Waals surface area contributed by atoms with E-state index in [2.05, 4.69) is 31.0 Å². The van der Waals surface area contributed by atoms with Crippen molar-refractivity contribution in [3.05, 3.63) is 95.3 Å². The first-order chi connectivity index (χ1) is 19.4. The lowest BCUT2D eigenvalue weighted by molar-refractivity contribution is -0.117. The Hall–Kier alpha value is -4.93. The fourth-order valence-corrected chi connectivity index (χ4v) is 4.50. The Kier molecular flexibility index (Phi) is 6.54. The predicted molar refractivity (Wildman–Crippen MR) is 146 cm³/mol. The predicted octanol–water partition coefficient (Wildman–Crippen LogP) is 4.36. The van der Waals surface area contributed by atoms with Gasteiger partial charge in [0.25, 0.3) is 11.8 Å². The number of fused-ring (bicyclic) bond motifs is 1. The summed E-state index contributed by atoms with van der Waals surface area (Å²) in [4.78, 5) is 35.3. The lowest BCUT2D eigenvalue weighted by atomic mass is 10.0. The van der Waals surface area contributed by atoms with Crippen LogP contribution in [-0.2, 0) is 11.3 Å². The number of carbonyl (C=O) groups excluding carboxylic acids is 2. The number of rotatable bonds is 7. The van der Waals surface area contributed by atoms with E-state index in [-0.39, 0.29) is 22.5 Å². The van der Waals surface area contributed by atoms with Crippen molar-refractivity contribution in [3.63, 3.8) is 0 Å². The van der Waals surface area contributed by atoms with Gasteiger partial charge in [-0.2, -0.15) is 9.49 Å². The minimum absolute atomic E-state index is 0.0283. The van der Waals surface area contributed by atoms with Crippen molar-refractivity contribution in [3.8, 4) is 11.3 Å². The maximum absolute atomic E-state index is 15.1. The Morgan fingerprint density at radius 1 is 1.05 bits per heavy atom. The topological polar surface area (TPSA) is 113 Å². The average Bonchev–Trinajstić information content (AvgIpc) is 3.69. The fraction of sp³-hybridized carbons (Fsp3) is 0.207. The van der Waals surface area contributed by atoms with Gasteiger partial charge in [0.1, 0.15) is 17.3 Å². The van der Waals surface area contributed by atoms with Crippen LogP contribution in [0, 0.1) is 11.8 Å². The van der Waals surface area contributed by atoms with Gasteiger partial charge in [0, 0.05) is 29.9 Å². The molecule has 0 spiro atoms. The van der Waals surface area contributed by atoms with Crippen molar-refractivity contribution in [2.75, 3.05) is 10.6 Å². The molecule has 2 aromatic heterocycles. The standard InChI is InChI=1S/C29H25F2N7O2/c1-2-38-15-20(24(37-38)19-13-14-22(33-26(19)31)32-17-11-12-17)28(39)36-27-29(40)35-25-18(9-6-10-21(25)30)23(34-27)16-7-4-3-5-8-16/h3-10,13-15,17,27H,2,11-12H2,1H3,(H,32,33)(H,35,40)(H,36,39)/t27-/m1/s1. The van der Waals surface area contributed by atoms with Crippen LogP contribution >= 0.6 is 0 Å². The van der Waals surface area contributed by atoms with Crippen molar-refractivity contribution in [1.82, 2.24) is 20.1 Å². The molecule has 1 fully saturated rings. The molecule has 2 aromatic carbocycles. The molecular formula is C29H25F2N7O2. The number of pyridine rings is 1. The first-order valence-corrected chi connectivity index (χ1v) is 13.0. The molecular weight excluding hydrogens is 516 g/mol. The van der Waals surface area contributed by atoms with E-state index >= 15 is 4.39 Å². The Morgan fingerprint density at radius 2 is 1.85 bits per heavy atom. The molecule has 9 nitrogen and oxygen atoms in total. The van der Waals surface area contributed by atoms with Crippen molar-refractivity contribution in [1.29, 1.82) is 0 Å². The normalized spacial score (nSPS) is 16.4. The summed E-state index contributed by atoms with van der Waals surface area (Å²) >= 11 is 0. The number of benzene rings is 2. The number of benzodiazepines with no additional fused rings is 1. The molecule has 40 heavy (non-hydrogen) atoms. The number of hydrogen-bond acceptors (Lipinski definition) is 6. The lowest BCUT2D eigenvalue weighted by Gasteiger charge is -2.13. The Balaban J connectivity index is 1.35. The number of anilines is 2. The Morgan fingerprint density at radius 3 is 2.58 bits per heavy atom. The molecule has 202 valence electrons. The zero-order chi connectivity index (χ0) is 27.8. The van der Waals surface area contributed by atoms with Crippen molar-refractivity contribution in [2.24, 2.45) is 4.99 Å². The Labute approximate surface area is 228 Å². The molecule has 1 atom stereocenters. The summed E-state index contributed by atoms with van der Waals surface area (Å²) in [5.41, 5.74) is 1.49. The van der Waals surface area contributed by atoms with Crippen LogP contribution in [0.2, 0.25) is 0 Å². The van der Waals surface area contributed by atoms with Gasteiger partial charge in [-0.3, -0.25) is 14.3 Å². The van der Waals surface area contributed by atoms with Crippen LogP contribution in [0.1, 0.15) is 41.3 Å². The third kappa shape index (κ3) is 4.93. The Bertz CT molecular complexity index is 1650. The number of halogens is 2. The summed E-state index contributed by atoms with van der Waals surface area (Å²) in [5.74, 6) is -2.41. The van der Waals surface area contributed by atoms with Gasteiger partial charge in [-0.1, -0.05) is 42.5 Å². The molecule has 0 saturated heterocycles. The molecule has 0 radical (unpaired) electrons. The van der Waals surface area contributed by atoms with Gasteiger partial charge < -0.3 is 16.0 Å². The van der Waals surface area contributed by atoms with E-state index in [4.69, 9.17) is 0 Å². The highest BCUT2D eigenvalue weighted by Gasteiger charge is 2.31. The largest absolute Gasteiger partial charge is 0.367 e. The highest BCUT2D eigenvalue weighted by atomic mass is 19.1. The zero-order valence-corrected chi connectivity index (χ0v) is 21.5. The van der Waals surface area contributed by atoms with Gasteiger partial charge in [0.05, 0.1) is 22.5 Å². The summed E-state index contributed by atoms with van der Waals surface area (Å²) in [7, 11) is 0. The number of para-hydroxylation sites is 1. The molecule has 11 heteroatoms. The molecule has 0 bridgehead atoms. The van der Waals surface area contributed by atoms with Gasteiger partial charge in [0.15, 0.2) is 0 Å². The summed E-state index contributed by atoms with van der Waals surface area (Å²) in [6.45, 7) is 2.25. The molecule has 1 aliphatic heterocycles. The fourth-order valence-electron chi connectivity index (χ4n) is 4.50. The van der Waals surface area contributed by atoms with Crippen molar-refractivity contribution >= 4 is 29.0 Å². The third-order valence-electron chi connectivity index (χ3n) is 6.70. The maximum Gasteiger partial charge on any atom is 0.269 e. The van der Waals surface area contributed by atoms with E-state index in [1.807, 2.05) is 13.0 Å². The number of aryl methyl sites for hydroxylation is 1. The van der Waals surface area contributed by atoms with Crippen molar-refractivity contribution in [2.45, 2.75) is 38.5 Å². The second-order valence-corrected chi connectivity index (χ2v) is 9.57. The van der Waals surface area contributed by atoms with Gasteiger partial charge >= 0.3 is 0 Å². The number of carbonyl (C=O) groups is 2. The number of aliphatic imine (C=N–C) groups is 1. The SMILES string of the molecule is CCn1cc(C(=O)N[C@H]2N=C(c3ccccc3)c3cccc(F)c3NC2=O)c(-c2ccc(NC3CC3)nc2F)n1. The van der Waals surface area contributed by atoms with Crippen LogP contribution < -0.4 is 16.0 Å². The van der Waals surface area contributed by atoms with Crippen LogP contribution in [0.3, 0.4) is 0 Å². The van der Waals surface area contributed by atoms with E-state index < -0.39 is 29.7 Å². The second-order valence-electron chi connectivity index (χ2n) is 9.57. The molecule has 2 aliphatic rings. The van der Waals surface area contributed by atoms with Crippen LogP contribution in [0.4, 0.5) is 20.3 Å². The van der Waals surface area contributed by atoms with Crippen LogP contribution in [0.5, 0.6) is 0 Å². The van der Waals surface area contributed by atoms with Crippen LogP contribution in [-0.4, -0.2) is 44.5 Å². The number of amides is 2. The maximum atomic E-state index is 15.1. The number of hydrogen-bond donors (Lipinski definition) is 3. The van der Waals surface area contributed by atoms with Gasteiger partial charge in [0.2, 0.25) is 12.1 Å². The summed E-state index contributed by atoms with van der Waals surface area (Å²) < 4.78 is 31.4. The summed E-state index contributed by atoms with van der Waals surface area (Å²) in [6.07, 6.45) is 2.10. The van der Waals surface area contributed by atoms with Crippen LogP contribution in [0.15, 0.2) is 71.9 Å². The molecule has 0 unspecified atom stereocenters. The molecule has 1 saturated carbocycles. The molecule has 3 heterocycles. The smallest absolute Gasteiger partial charge is 0.269 e. The molecule has 1 aliphatic carbocycles. The van der Waals surface area contributed by atoms with Gasteiger partial charge in [-0.15, -0.1) is 0 Å². The van der Waals surface area contributed by atoms with E-state index in [1.54, 1.807) is 36.4 Å². The second kappa shape index (κ2) is 10.3. The molecule has 3 N–H and O–H groups in total. The van der Waals surface area contributed by atoms with Crippen molar-refractivity contribution < 1.29 is 18.4 Å². The lowest BCUT2D eigenvalue weighted by Crippen LogP contribution is -2.42.